The van der Waals surface area contributed by atoms with Crippen LogP contribution in [0.5, 0.6) is 0 Å². The molecule has 0 spiro atoms. The Kier molecular flexibility index (Phi) is 17.3. The first-order chi connectivity index (χ1) is 14.8. The highest BCUT2D eigenvalue weighted by Gasteiger charge is 2.25. The van der Waals surface area contributed by atoms with Crippen molar-refractivity contribution >= 4 is 17.8 Å². The van der Waals surface area contributed by atoms with Gasteiger partial charge < -0.3 is 25.2 Å². The van der Waals surface area contributed by atoms with Crippen LogP contribution in [0.1, 0.15) is 52.4 Å². The van der Waals surface area contributed by atoms with E-state index in [1.165, 1.54) is 0 Å². The number of rotatable bonds is 19. The molecule has 0 heterocycles. The maximum atomic E-state index is 12.7. The van der Waals surface area contributed by atoms with E-state index in [9.17, 15) is 14.4 Å². The third-order valence-corrected chi connectivity index (χ3v) is 4.65. The zero-order valence-corrected chi connectivity index (χ0v) is 19.1. The van der Waals surface area contributed by atoms with Gasteiger partial charge in [0.1, 0.15) is 6.61 Å². The van der Waals surface area contributed by atoms with Gasteiger partial charge in [-0.3, -0.25) is 14.4 Å². The minimum absolute atomic E-state index is 0.0196. The van der Waals surface area contributed by atoms with Crippen LogP contribution in [0.15, 0.2) is 25.3 Å². The second-order valence-electron chi connectivity index (χ2n) is 7.69. The minimum Gasteiger partial charge on any atom is -0.463 e. The molecule has 0 fully saturated rings. The van der Waals surface area contributed by atoms with Crippen molar-refractivity contribution in [1.29, 1.82) is 0 Å². The van der Waals surface area contributed by atoms with Crippen molar-refractivity contribution in [1.82, 2.24) is 10.6 Å². The van der Waals surface area contributed by atoms with Crippen LogP contribution in [0.2, 0.25) is 0 Å². The van der Waals surface area contributed by atoms with Gasteiger partial charge in [0, 0.05) is 19.4 Å². The van der Waals surface area contributed by atoms with E-state index in [4.69, 9.17) is 14.6 Å². The SMILES string of the molecule is C=CCCCCC(=O)OC[C@@H](NC(=O)[C@@H](CC=C)CC(=O)NCCOCCO)C(C)C. The summed E-state index contributed by atoms with van der Waals surface area (Å²) in [5.41, 5.74) is 0. The molecule has 0 saturated heterocycles. The van der Waals surface area contributed by atoms with Crippen molar-refractivity contribution in [3.05, 3.63) is 25.3 Å². The van der Waals surface area contributed by atoms with Gasteiger partial charge in [0.25, 0.3) is 0 Å². The second kappa shape index (κ2) is 18.6. The van der Waals surface area contributed by atoms with Crippen LogP contribution in [0.3, 0.4) is 0 Å². The Morgan fingerprint density at radius 1 is 1.10 bits per heavy atom. The van der Waals surface area contributed by atoms with E-state index in [1.54, 1.807) is 6.08 Å². The zero-order valence-electron chi connectivity index (χ0n) is 19.1. The van der Waals surface area contributed by atoms with E-state index in [2.05, 4.69) is 23.8 Å². The van der Waals surface area contributed by atoms with Crippen LogP contribution in [-0.4, -0.2) is 61.9 Å². The number of carbonyl (C=O) groups excluding carboxylic acids is 3. The molecule has 0 aromatic rings. The van der Waals surface area contributed by atoms with Crippen LogP contribution in [0, 0.1) is 11.8 Å². The molecule has 0 saturated carbocycles. The average Bonchev–Trinajstić information content (AvgIpc) is 2.73. The van der Waals surface area contributed by atoms with Crippen molar-refractivity contribution in [3.8, 4) is 0 Å². The maximum Gasteiger partial charge on any atom is 0.305 e. The molecule has 0 rings (SSSR count). The number of esters is 1. The summed E-state index contributed by atoms with van der Waals surface area (Å²) in [6.45, 7) is 12.0. The lowest BCUT2D eigenvalue weighted by atomic mass is 9.97. The molecule has 0 bridgehead atoms. The molecule has 178 valence electrons. The second-order valence-corrected chi connectivity index (χ2v) is 7.69. The number of nitrogens with one attached hydrogen (secondary N) is 2. The number of hydrogen-bond donors (Lipinski definition) is 3. The van der Waals surface area contributed by atoms with E-state index < -0.39 is 5.92 Å². The van der Waals surface area contributed by atoms with E-state index in [-0.39, 0.29) is 56.0 Å². The van der Waals surface area contributed by atoms with Crippen molar-refractivity contribution in [3.63, 3.8) is 0 Å². The third kappa shape index (κ3) is 15.3. The first kappa shape index (κ1) is 28.8. The molecule has 2 amide bonds. The lowest BCUT2D eigenvalue weighted by Gasteiger charge is -2.25. The van der Waals surface area contributed by atoms with Crippen molar-refractivity contribution < 1.29 is 29.0 Å². The average molecular weight is 441 g/mol. The fourth-order valence-electron chi connectivity index (χ4n) is 2.72. The molecular formula is C23H40N2O6. The Labute approximate surface area is 186 Å². The third-order valence-electron chi connectivity index (χ3n) is 4.65. The highest BCUT2D eigenvalue weighted by Crippen LogP contribution is 2.12. The van der Waals surface area contributed by atoms with Gasteiger partial charge in [-0.25, -0.2) is 0 Å². The van der Waals surface area contributed by atoms with Crippen LogP contribution in [-0.2, 0) is 23.9 Å². The first-order valence-electron chi connectivity index (χ1n) is 11.0. The molecule has 0 radical (unpaired) electrons. The number of allylic oxidation sites excluding steroid dienone is 2. The summed E-state index contributed by atoms with van der Waals surface area (Å²) < 4.78 is 10.4. The zero-order chi connectivity index (χ0) is 23.5. The summed E-state index contributed by atoms with van der Waals surface area (Å²) in [4.78, 5) is 36.8. The number of aliphatic hydroxyl groups excluding tert-OH is 1. The maximum absolute atomic E-state index is 12.7. The van der Waals surface area contributed by atoms with Crippen LogP contribution in [0.25, 0.3) is 0 Å². The summed E-state index contributed by atoms with van der Waals surface area (Å²) in [5, 5.41) is 14.3. The summed E-state index contributed by atoms with van der Waals surface area (Å²) >= 11 is 0. The quantitative estimate of drug-likeness (QED) is 0.161. The summed E-state index contributed by atoms with van der Waals surface area (Å²) in [6.07, 6.45) is 6.64. The van der Waals surface area contributed by atoms with Crippen LogP contribution in [0.4, 0.5) is 0 Å². The molecule has 0 unspecified atom stereocenters. The highest BCUT2D eigenvalue weighted by molar-refractivity contribution is 5.86. The predicted octanol–water partition coefficient (Wildman–Crippen LogP) is 2.12. The van der Waals surface area contributed by atoms with Crippen molar-refractivity contribution in [2.45, 2.75) is 58.4 Å². The highest BCUT2D eigenvalue weighted by atomic mass is 16.5. The van der Waals surface area contributed by atoms with Crippen LogP contribution >= 0.6 is 0 Å². The first-order valence-corrected chi connectivity index (χ1v) is 11.0. The Morgan fingerprint density at radius 3 is 2.45 bits per heavy atom. The normalized spacial score (nSPS) is 12.6. The summed E-state index contributed by atoms with van der Waals surface area (Å²) in [6, 6.07) is -0.341. The van der Waals surface area contributed by atoms with E-state index in [0.717, 1.165) is 19.3 Å². The van der Waals surface area contributed by atoms with Gasteiger partial charge in [-0.1, -0.05) is 26.0 Å². The van der Waals surface area contributed by atoms with E-state index in [1.807, 2.05) is 19.9 Å². The fraction of sp³-hybridized carbons (Fsp3) is 0.696. The largest absolute Gasteiger partial charge is 0.463 e. The van der Waals surface area contributed by atoms with Crippen molar-refractivity contribution in [2.24, 2.45) is 11.8 Å². The smallest absolute Gasteiger partial charge is 0.305 e. The number of hydrogen-bond acceptors (Lipinski definition) is 6. The predicted molar refractivity (Wildman–Crippen MR) is 120 cm³/mol. The summed E-state index contributed by atoms with van der Waals surface area (Å²) in [7, 11) is 0. The number of aliphatic hydroxyl groups is 1. The number of unbranched alkanes of at least 4 members (excludes halogenated alkanes) is 2. The Morgan fingerprint density at radius 2 is 1.84 bits per heavy atom. The lowest BCUT2D eigenvalue weighted by molar-refractivity contribution is -0.145. The summed E-state index contributed by atoms with van der Waals surface area (Å²) in [5.74, 6) is -1.32. The molecule has 3 N–H and O–H groups in total. The van der Waals surface area contributed by atoms with Gasteiger partial charge >= 0.3 is 5.97 Å². The van der Waals surface area contributed by atoms with Gasteiger partial charge in [0.15, 0.2) is 0 Å². The Bertz CT molecular complexity index is 550. The number of ether oxygens (including phenoxy) is 2. The van der Waals surface area contributed by atoms with Crippen molar-refractivity contribution in [2.75, 3.05) is 33.0 Å². The van der Waals surface area contributed by atoms with Crippen LogP contribution < -0.4 is 10.6 Å². The van der Waals surface area contributed by atoms with E-state index in [0.29, 0.717) is 26.0 Å². The molecule has 2 atom stereocenters. The molecule has 31 heavy (non-hydrogen) atoms. The molecule has 0 aromatic carbocycles. The lowest BCUT2D eigenvalue weighted by Crippen LogP contribution is -2.45. The molecule has 8 nitrogen and oxygen atoms in total. The van der Waals surface area contributed by atoms with Gasteiger partial charge in [0.05, 0.1) is 31.8 Å². The monoisotopic (exact) mass is 440 g/mol. The molecule has 8 heteroatoms. The standard InChI is InChI=1S/C23H40N2O6/c1-5-7-8-9-11-22(28)31-17-20(18(3)4)25-23(29)19(10-6-2)16-21(27)24-12-14-30-15-13-26/h5-6,18-20,26H,1-2,7-17H2,3-4H3,(H,24,27)(H,25,29)/t19-,20+/m0/s1. The fourth-order valence-corrected chi connectivity index (χ4v) is 2.72. The molecule has 0 aliphatic heterocycles. The molecule has 0 aromatic heterocycles. The van der Waals surface area contributed by atoms with E-state index >= 15 is 0 Å². The van der Waals surface area contributed by atoms with Gasteiger partial charge in [0.2, 0.25) is 11.8 Å². The molecular weight excluding hydrogens is 400 g/mol. The number of carbonyl (C=O) groups is 3. The topological polar surface area (TPSA) is 114 Å². The van der Waals surface area contributed by atoms with Gasteiger partial charge in [-0.2, -0.15) is 0 Å². The van der Waals surface area contributed by atoms with Gasteiger partial charge in [-0.15, -0.1) is 13.2 Å². The Balaban J connectivity index is 4.56. The minimum atomic E-state index is -0.563. The van der Waals surface area contributed by atoms with Gasteiger partial charge in [-0.05, 0) is 31.6 Å². The molecule has 0 aliphatic rings. The Hall–Kier alpha value is -2.19. The number of amides is 2. The molecule has 0 aliphatic carbocycles.